The maximum atomic E-state index is 13.7. The second kappa shape index (κ2) is 3.31. The quantitative estimate of drug-likeness (QED) is 0.481. The number of hydrogen-bond acceptors (Lipinski definition) is 0. The third-order valence-electron chi connectivity index (χ3n) is 3.06. The summed E-state index contributed by atoms with van der Waals surface area (Å²) in [6.45, 7) is 2.02. The lowest BCUT2D eigenvalue weighted by Gasteiger charge is -2.07. The minimum absolute atomic E-state index is 0.147. The molecule has 0 saturated heterocycles. The van der Waals surface area contributed by atoms with Crippen molar-refractivity contribution in [2.45, 2.75) is 6.92 Å². The highest BCUT2D eigenvalue weighted by Gasteiger charge is 2.05. The molecule has 0 aromatic heterocycles. The maximum absolute atomic E-state index is 13.7. The van der Waals surface area contributed by atoms with Crippen LogP contribution in [0, 0.1) is 12.7 Å². The molecule has 78 valence electrons. The average Bonchev–Trinajstić information content (AvgIpc) is 2.31. The first-order chi connectivity index (χ1) is 7.77. The molecule has 0 saturated carbocycles. The molecule has 0 atom stereocenters. The summed E-state index contributed by atoms with van der Waals surface area (Å²) < 4.78 is 13.7. The Labute approximate surface area is 93.3 Å². The summed E-state index contributed by atoms with van der Waals surface area (Å²) in [6.07, 6.45) is 0. The molecule has 0 bridgehead atoms. The third kappa shape index (κ3) is 1.21. The van der Waals surface area contributed by atoms with Crippen molar-refractivity contribution in [1.82, 2.24) is 0 Å². The summed E-state index contributed by atoms with van der Waals surface area (Å²) in [5, 5.41) is 4.01. The van der Waals surface area contributed by atoms with Gasteiger partial charge in [0.05, 0.1) is 0 Å². The van der Waals surface area contributed by atoms with Crippen LogP contribution in [0.1, 0.15) is 5.56 Å². The van der Waals surface area contributed by atoms with E-state index >= 15 is 0 Å². The molecule has 0 nitrogen and oxygen atoms in total. The fourth-order valence-corrected chi connectivity index (χ4v) is 2.27. The summed E-state index contributed by atoms with van der Waals surface area (Å²) >= 11 is 0. The zero-order valence-electron chi connectivity index (χ0n) is 9.00. The van der Waals surface area contributed by atoms with Crippen LogP contribution < -0.4 is 0 Å². The number of fused-ring (bicyclic) bond motifs is 3. The highest BCUT2D eigenvalue weighted by molar-refractivity contribution is 6.08. The van der Waals surface area contributed by atoms with E-state index in [4.69, 9.17) is 0 Å². The molecule has 0 amide bonds. The fourth-order valence-electron chi connectivity index (χ4n) is 2.27. The largest absolute Gasteiger partial charge is 0.206 e. The Morgan fingerprint density at radius 1 is 0.750 bits per heavy atom. The van der Waals surface area contributed by atoms with Gasteiger partial charge in [-0.1, -0.05) is 36.4 Å². The molecule has 0 fully saturated rings. The van der Waals surface area contributed by atoms with Crippen LogP contribution in [0.4, 0.5) is 4.39 Å². The van der Waals surface area contributed by atoms with Crippen LogP contribution in [0.15, 0.2) is 48.5 Å². The van der Waals surface area contributed by atoms with Crippen LogP contribution in [0.5, 0.6) is 0 Å². The highest BCUT2D eigenvalue weighted by Crippen LogP contribution is 2.29. The molecule has 0 unspecified atom stereocenters. The van der Waals surface area contributed by atoms with Crippen LogP contribution in [0.3, 0.4) is 0 Å². The second-order valence-corrected chi connectivity index (χ2v) is 4.07. The van der Waals surface area contributed by atoms with E-state index in [1.165, 1.54) is 11.5 Å². The van der Waals surface area contributed by atoms with Gasteiger partial charge in [-0.15, -0.1) is 0 Å². The number of aryl methyl sites for hydroxylation is 1. The predicted molar refractivity (Wildman–Crippen MR) is 66.1 cm³/mol. The van der Waals surface area contributed by atoms with E-state index in [0.29, 0.717) is 5.39 Å². The summed E-state index contributed by atoms with van der Waals surface area (Å²) in [6, 6.07) is 15.3. The zero-order chi connectivity index (χ0) is 11.1. The van der Waals surface area contributed by atoms with Crippen molar-refractivity contribution < 1.29 is 4.39 Å². The molecule has 16 heavy (non-hydrogen) atoms. The molecular weight excluding hydrogens is 199 g/mol. The van der Waals surface area contributed by atoms with Crippen molar-refractivity contribution in [2.75, 3.05) is 0 Å². The average molecular weight is 210 g/mol. The zero-order valence-corrected chi connectivity index (χ0v) is 9.00. The maximum Gasteiger partial charge on any atom is 0.131 e. The van der Waals surface area contributed by atoms with Gasteiger partial charge in [-0.2, -0.15) is 0 Å². The van der Waals surface area contributed by atoms with E-state index < -0.39 is 0 Å². The van der Waals surface area contributed by atoms with Gasteiger partial charge in [0.15, 0.2) is 0 Å². The summed E-state index contributed by atoms with van der Waals surface area (Å²) in [5.41, 5.74) is 1.12. The van der Waals surface area contributed by atoms with Gasteiger partial charge < -0.3 is 0 Å². The van der Waals surface area contributed by atoms with E-state index in [1.54, 1.807) is 6.07 Å². The van der Waals surface area contributed by atoms with Gasteiger partial charge in [0, 0.05) is 5.39 Å². The number of benzene rings is 3. The molecule has 3 aromatic rings. The van der Waals surface area contributed by atoms with Gasteiger partial charge in [0.25, 0.3) is 0 Å². The standard InChI is InChI=1S/C15H11F/c1-10-9-14-13(7-4-8-15(14)16)12-6-3-2-5-11(10)12/h2-9H,1H3. The molecule has 1 heteroatoms. The van der Waals surface area contributed by atoms with Gasteiger partial charge in [-0.25, -0.2) is 4.39 Å². The van der Waals surface area contributed by atoms with Crippen LogP contribution in [0.2, 0.25) is 0 Å². The summed E-state index contributed by atoms with van der Waals surface area (Å²) in [4.78, 5) is 0. The monoisotopic (exact) mass is 210 g/mol. The first kappa shape index (κ1) is 9.34. The molecule has 0 N–H and O–H groups in total. The Balaban J connectivity index is 2.64. The second-order valence-electron chi connectivity index (χ2n) is 4.07. The van der Waals surface area contributed by atoms with Crippen LogP contribution >= 0.6 is 0 Å². The van der Waals surface area contributed by atoms with Crippen molar-refractivity contribution >= 4 is 21.5 Å². The van der Waals surface area contributed by atoms with Crippen LogP contribution in [-0.4, -0.2) is 0 Å². The van der Waals surface area contributed by atoms with Gasteiger partial charge in [0.2, 0.25) is 0 Å². The van der Waals surface area contributed by atoms with E-state index in [9.17, 15) is 4.39 Å². The van der Waals surface area contributed by atoms with Crippen molar-refractivity contribution in [1.29, 1.82) is 0 Å². The number of rotatable bonds is 0. The molecule has 0 aliphatic heterocycles. The SMILES string of the molecule is Cc1cc2c(F)cccc2c2ccccc12. The van der Waals surface area contributed by atoms with Gasteiger partial charge in [0.1, 0.15) is 5.82 Å². The van der Waals surface area contributed by atoms with Crippen molar-refractivity contribution in [3.63, 3.8) is 0 Å². The topological polar surface area (TPSA) is 0 Å². The van der Waals surface area contributed by atoms with Crippen LogP contribution in [0.25, 0.3) is 21.5 Å². The van der Waals surface area contributed by atoms with Gasteiger partial charge in [-0.05, 0) is 40.8 Å². The Kier molecular flexibility index (Phi) is 1.93. The van der Waals surface area contributed by atoms with Gasteiger partial charge >= 0.3 is 0 Å². The van der Waals surface area contributed by atoms with Crippen LogP contribution in [-0.2, 0) is 0 Å². The Hall–Kier alpha value is -1.89. The van der Waals surface area contributed by atoms with E-state index in [-0.39, 0.29) is 5.82 Å². The number of hydrogen-bond donors (Lipinski definition) is 0. The normalized spacial score (nSPS) is 11.1. The number of halogens is 1. The fraction of sp³-hybridized carbons (Fsp3) is 0.0667. The highest BCUT2D eigenvalue weighted by atomic mass is 19.1. The van der Waals surface area contributed by atoms with E-state index in [0.717, 1.165) is 16.3 Å². The molecule has 0 heterocycles. The lowest BCUT2D eigenvalue weighted by molar-refractivity contribution is 0.640. The lowest BCUT2D eigenvalue weighted by Crippen LogP contribution is -1.84. The summed E-state index contributed by atoms with van der Waals surface area (Å²) in [5.74, 6) is -0.147. The molecule has 3 aromatic carbocycles. The van der Waals surface area contributed by atoms with E-state index in [1.807, 2.05) is 37.3 Å². The minimum Gasteiger partial charge on any atom is -0.206 e. The predicted octanol–water partition coefficient (Wildman–Crippen LogP) is 4.44. The first-order valence-corrected chi connectivity index (χ1v) is 5.34. The minimum atomic E-state index is -0.147. The lowest BCUT2D eigenvalue weighted by atomic mass is 9.98. The van der Waals surface area contributed by atoms with Gasteiger partial charge in [-0.3, -0.25) is 0 Å². The Morgan fingerprint density at radius 3 is 2.19 bits per heavy atom. The Morgan fingerprint density at radius 2 is 1.38 bits per heavy atom. The smallest absolute Gasteiger partial charge is 0.131 e. The first-order valence-electron chi connectivity index (χ1n) is 5.34. The molecule has 0 aliphatic rings. The summed E-state index contributed by atoms with van der Waals surface area (Å²) in [7, 11) is 0. The Bertz CT molecular complexity index is 678. The molecule has 0 spiro atoms. The van der Waals surface area contributed by atoms with Crippen molar-refractivity contribution in [3.05, 3.63) is 59.9 Å². The molecular formula is C15H11F. The molecule has 0 aliphatic carbocycles. The molecule has 3 rings (SSSR count). The van der Waals surface area contributed by atoms with Crippen molar-refractivity contribution in [2.24, 2.45) is 0 Å². The van der Waals surface area contributed by atoms with E-state index in [2.05, 4.69) is 6.07 Å². The molecule has 0 radical (unpaired) electrons. The third-order valence-corrected chi connectivity index (χ3v) is 3.06. The van der Waals surface area contributed by atoms with Crippen molar-refractivity contribution in [3.8, 4) is 0 Å².